The van der Waals surface area contributed by atoms with Crippen molar-refractivity contribution in [2.24, 2.45) is 5.92 Å². The summed E-state index contributed by atoms with van der Waals surface area (Å²) in [4.78, 5) is 0. The van der Waals surface area contributed by atoms with Crippen LogP contribution in [0, 0.1) is 17.6 Å². The second kappa shape index (κ2) is 6.07. The number of rotatable bonds is 5. The molecule has 0 aliphatic rings. The molecule has 17 heavy (non-hydrogen) atoms. The zero-order valence-electron chi connectivity index (χ0n) is 10.4. The molecule has 96 valence electrons. The van der Waals surface area contributed by atoms with Crippen LogP contribution in [0.1, 0.15) is 32.4 Å². The summed E-state index contributed by atoms with van der Waals surface area (Å²) in [7, 11) is 0. The van der Waals surface area contributed by atoms with E-state index in [1.54, 1.807) is 6.92 Å². The van der Waals surface area contributed by atoms with E-state index in [-0.39, 0.29) is 24.1 Å². The van der Waals surface area contributed by atoms with Gasteiger partial charge in [0.25, 0.3) is 0 Å². The number of aliphatic hydroxyl groups is 1. The molecule has 4 heteroatoms. The van der Waals surface area contributed by atoms with Crippen molar-refractivity contribution in [3.05, 3.63) is 35.4 Å². The van der Waals surface area contributed by atoms with Gasteiger partial charge in [-0.15, -0.1) is 0 Å². The van der Waals surface area contributed by atoms with Gasteiger partial charge in [-0.05, 0) is 25.0 Å². The van der Waals surface area contributed by atoms with Crippen LogP contribution in [0.3, 0.4) is 0 Å². The first-order valence-corrected chi connectivity index (χ1v) is 5.78. The molecule has 2 nitrogen and oxygen atoms in total. The molecule has 0 aromatic heterocycles. The van der Waals surface area contributed by atoms with E-state index in [9.17, 15) is 13.9 Å². The average Bonchev–Trinajstić information content (AvgIpc) is 2.25. The lowest BCUT2D eigenvalue weighted by Gasteiger charge is -2.25. The van der Waals surface area contributed by atoms with Crippen molar-refractivity contribution >= 4 is 0 Å². The van der Waals surface area contributed by atoms with E-state index in [1.165, 1.54) is 18.2 Å². The van der Waals surface area contributed by atoms with E-state index in [0.29, 0.717) is 0 Å². The normalized spacial score (nSPS) is 15.0. The fraction of sp³-hybridized carbons (Fsp3) is 0.538. The molecule has 1 aromatic rings. The molecule has 0 aliphatic carbocycles. The Morgan fingerprint density at radius 2 is 1.71 bits per heavy atom. The lowest BCUT2D eigenvalue weighted by Crippen LogP contribution is -2.39. The van der Waals surface area contributed by atoms with Gasteiger partial charge in [0, 0.05) is 17.6 Å². The van der Waals surface area contributed by atoms with Crippen molar-refractivity contribution in [3.8, 4) is 0 Å². The Balaban J connectivity index is 2.86. The summed E-state index contributed by atoms with van der Waals surface area (Å²) in [5.74, 6) is -0.937. The largest absolute Gasteiger partial charge is 0.395 e. The fourth-order valence-electron chi connectivity index (χ4n) is 1.78. The predicted octanol–water partition coefficient (Wildman–Crippen LogP) is 2.63. The van der Waals surface area contributed by atoms with Gasteiger partial charge in [0.2, 0.25) is 0 Å². The first kappa shape index (κ1) is 14.1. The summed E-state index contributed by atoms with van der Waals surface area (Å²) < 4.78 is 27.0. The van der Waals surface area contributed by atoms with Gasteiger partial charge in [0.15, 0.2) is 0 Å². The molecule has 0 bridgehead atoms. The summed E-state index contributed by atoms with van der Waals surface area (Å²) in [6, 6.07) is 3.16. The Labute approximate surface area is 101 Å². The number of hydrogen-bond donors (Lipinski definition) is 2. The van der Waals surface area contributed by atoms with Crippen LogP contribution >= 0.6 is 0 Å². The topological polar surface area (TPSA) is 32.3 Å². The minimum atomic E-state index is -0.564. The minimum absolute atomic E-state index is 0.0200. The summed E-state index contributed by atoms with van der Waals surface area (Å²) in [5.41, 5.74) is 0.0200. The lowest BCUT2D eigenvalue weighted by atomic mass is 10.0. The number of halogens is 2. The molecule has 2 N–H and O–H groups in total. The monoisotopic (exact) mass is 243 g/mol. The Morgan fingerprint density at radius 3 is 2.12 bits per heavy atom. The van der Waals surface area contributed by atoms with Crippen molar-refractivity contribution in [2.45, 2.75) is 32.9 Å². The molecule has 0 radical (unpaired) electrons. The third kappa shape index (κ3) is 3.48. The van der Waals surface area contributed by atoms with Crippen LogP contribution < -0.4 is 5.32 Å². The second-order valence-electron chi connectivity index (χ2n) is 4.56. The summed E-state index contributed by atoms with van der Waals surface area (Å²) >= 11 is 0. The molecule has 0 saturated carbocycles. The van der Waals surface area contributed by atoms with Crippen LogP contribution in [0.25, 0.3) is 0 Å². The van der Waals surface area contributed by atoms with E-state index in [2.05, 4.69) is 5.32 Å². The van der Waals surface area contributed by atoms with E-state index >= 15 is 0 Å². The third-order valence-electron chi connectivity index (χ3n) is 2.90. The van der Waals surface area contributed by atoms with Crippen molar-refractivity contribution in [1.29, 1.82) is 0 Å². The molecule has 2 atom stereocenters. The van der Waals surface area contributed by atoms with Crippen LogP contribution in [0.4, 0.5) is 8.78 Å². The SMILES string of the molecule is CC(NC(CO)C(C)C)c1c(F)cccc1F. The summed E-state index contributed by atoms with van der Waals surface area (Å²) in [6.07, 6.45) is 0. The quantitative estimate of drug-likeness (QED) is 0.833. The van der Waals surface area contributed by atoms with E-state index in [0.717, 1.165) is 0 Å². The Kier molecular flexibility index (Phi) is 5.02. The van der Waals surface area contributed by atoms with Crippen molar-refractivity contribution in [2.75, 3.05) is 6.61 Å². The zero-order valence-corrected chi connectivity index (χ0v) is 10.4. The van der Waals surface area contributed by atoms with Crippen LogP contribution in [-0.2, 0) is 0 Å². The smallest absolute Gasteiger partial charge is 0.130 e. The van der Waals surface area contributed by atoms with Gasteiger partial charge in [-0.3, -0.25) is 0 Å². The van der Waals surface area contributed by atoms with Gasteiger partial charge in [-0.25, -0.2) is 8.78 Å². The molecule has 0 amide bonds. The highest BCUT2D eigenvalue weighted by molar-refractivity contribution is 5.22. The van der Waals surface area contributed by atoms with Crippen molar-refractivity contribution in [3.63, 3.8) is 0 Å². The molecule has 0 heterocycles. The molecular formula is C13H19F2NO. The number of hydrogen-bond acceptors (Lipinski definition) is 2. The highest BCUT2D eigenvalue weighted by Gasteiger charge is 2.20. The first-order valence-electron chi connectivity index (χ1n) is 5.78. The molecular weight excluding hydrogens is 224 g/mol. The molecule has 1 rings (SSSR count). The fourth-order valence-corrected chi connectivity index (χ4v) is 1.78. The van der Waals surface area contributed by atoms with Crippen LogP contribution in [0.2, 0.25) is 0 Å². The second-order valence-corrected chi connectivity index (χ2v) is 4.56. The maximum atomic E-state index is 13.5. The standard InChI is InChI=1S/C13H19F2NO/c1-8(2)12(7-17)16-9(3)13-10(14)5-4-6-11(13)15/h4-6,8-9,12,16-17H,7H2,1-3H3. The van der Waals surface area contributed by atoms with Gasteiger partial charge in [0.05, 0.1) is 6.61 Å². The Morgan fingerprint density at radius 1 is 1.18 bits per heavy atom. The number of aliphatic hydroxyl groups excluding tert-OH is 1. The van der Waals surface area contributed by atoms with Gasteiger partial charge < -0.3 is 10.4 Å². The van der Waals surface area contributed by atoms with E-state index < -0.39 is 17.7 Å². The molecule has 0 saturated heterocycles. The van der Waals surface area contributed by atoms with Gasteiger partial charge in [-0.2, -0.15) is 0 Å². The number of nitrogens with one attached hydrogen (secondary N) is 1. The van der Waals surface area contributed by atoms with Crippen molar-refractivity contribution < 1.29 is 13.9 Å². The molecule has 1 aromatic carbocycles. The minimum Gasteiger partial charge on any atom is -0.395 e. The van der Waals surface area contributed by atoms with E-state index in [1.807, 2.05) is 13.8 Å². The third-order valence-corrected chi connectivity index (χ3v) is 2.90. The summed E-state index contributed by atoms with van der Waals surface area (Å²) in [6.45, 7) is 5.52. The molecule has 0 fully saturated rings. The van der Waals surface area contributed by atoms with E-state index in [4.69, 9.17) is 0 Å². The highest BCUT2D eigenvalue weighted by atomic mass is 19.1. The summed E-state index contributed by atoms with van der Waals surface area (Å²) in [5, 5.41) is 12.2. The Hall–Kier alpha value is -1.00. The predicted molar refractivity (Wildman–Crippen MR) is 63.6 cm³/mol. The number of benzene rings is 1. The highest BCUT2D eigenvalue weighted by Crippen LogP contribution is 2.21. The van der Waals surface area contributed by atoms with Gasteiger partial charge in [-0.1, -0.05) is 19.9 Å². The maximum absolute atomic E-state index is 13.5. The zero-order chi connectivity index (χ0) is 13.0. The maximum Gasteiger partial charge on any atom is 0.130 e. The van der Waals surface area contributed by atoms with Gasteiger partial charge >= 0.3 is 0 Å². The Bertz CT molecular complexity index is 348. The van der Waals surface area contributed by atoms with Crippen LogP contribution in [0.15, 0.2) is 18.2 Å². The van der Waals surface area contributed by atoms with Crippen molar-refractivity contribution in [1.82, 2.24) is 5.32 Å². The van der Waals surface area contributed by atoms with Crippen LogP contribution in [-0.4, -0.2) is 17.8 Å². The molecule has 2 unspecified atom stereocenters. The molecule has 0 spiro atoms. The first-order chi connectivity index (χ1) is 7.97. The van der Waals surface area contributed by atoms with Gasteiger partial charge in [0.1, 0.15) is 11.6 Å². The molecule has 0 aliphatic heterocycles. The average molecular weight is 243 g/mol. The van der Waals surface area contributed by atoms with Crippen LogP contribution in [0.5, 0.6) is 0 Å². The lowest BCUT2D eigenvalue weighted by molar-refractivity contribution is 0.200.